The topological polar surface area (TPSA) is 27.7 Å². The number of hydrogen-bond donors (Lipinski definition) is 0. The highest BCUT2D eigenvalue weighted by Crippen LogP contribution is 2.75. The van der Waals surface area contributed by atoms with Gasteiger partial charge in [-0.2, -0.15) is 0 Å². The van der Waals surface area contributed by atoms with Crippen LogP contribution in [0, 0.1) is 28.6 Å². The molecule has 3 heteroatoms. The fourth-order valence-electron chi connectivity index (χ4n) is 7.12. The summed E-state index contributed by atoms with van der Waals surface area (Å²) < 4.78 is 18.7. The molecule has 0 amide bonds. The average Bonchev–Trinajstić information content (AvgIpc) is 2.92. The molecule has 0 N–H and O–H groups in total. The van der Waals surface area contributed by atoms with E-state index in [4.69, 9.17) is 14.2 Å². The lowest BCUT2D eigenvalue weighted by molar-refractivity contribution is -0.339. The van der Waals surface area contributed by atoms with Crippen LogP contribution in [0.1, 0.15) is 67.2 Å². The molecule has 4 aliphatic rings. The van der Waals surface area contributed by atoms with E-state index in [9.17, 15) is 0 Å². The molecule has 0 radical (unpaired) electrons. The van der Waals surface area contributed by atoms with Gasteiger partial charge in [0.15, 0.2) is 0 Å². The molecule has 1 spiro atoms. The molecule has 1 aliphatic heterocycles. The Balaban J connectivity index is 1.75. The van der Waals surface area contributed by atoms with Crippen LogP contribution in [-0.2, 0) is 14.2 Å². The zero-order valence-electron chi connectivity index (χ0n) is 15.1. The minimum atomic E-state index is -0.858. The molecule has 4 rings (SSSR count). The highest BCUT2D eigenvalue weighted by molar-refractivity contribution is 5.21. The third kappa shape index (κ3) is 1.63. The van der Waals surface area contributed by atoms with Gasteiger partial charge in [-0.1, -0.05) is 20.8 Å². The van der Waals surface area contributed by atoms with Crippen LogP contribution in [0.2, 0.25) is 0 Å². The second kappa shape index (κ2) is 4.29. The number of fused-ring (bicyclic) bond motifs is 3. The maximum Gasteiger partial charge on any atom is 0.280 e. The fraction of sp³-hybridized carbons (Fsp3) is 1.00. The average molecular weight is 308 g/mol. The second-order valence-electron chi connectivity index (χ2n) is 9.23. The van der Waals surface area contributed by atoms with E-state index in [-0.39, 0.29) is 11.7 Å². The van der Waals surface area contributed by atoms with Crippen LogP contribution in [0.5, 0.6) is 0 Å². The van der Waals surface area contributed by atoms with Crippen LogP contribution in [0.3, 0.4) is 0 Å². The standard InChI is InChI=1S/C19H32O3/c1-7-20-18(6)21-15-11-19-10-14(17(15,5)22-18)16(3,4)13(19)9-8-12(19)2/h12-15H,7-11H2,1-6H3/t12-,13+,14-,15+,17-,18?,19-/m1/s1. The van der Waals surface area contributed by atoms with Crippen LogP contribution in [0.25, 0.3) is 0 Å². The third-order valence-electron chi connectivity index (χ3n) is 8.01. The largest absolute Gasteiger partial charge is 0.328 e. The maximum absolute atomic E-state index is 6.50. The Bertz CT molecular complexity index is 489. The second-order valence-corrected chi connectivity index (χ2v) is 9.23. The molecule has 3 nitrogen and oxygen atoms in total. The van der Waals surface area contributed by atoms with E-state index in [1.165, 1.54) is 19.3 Å². The van der Waals surface area contributed by atoms with Crippen molar-refractivity contribution in [1.82, 2.24) is 0 Å². The quantitative estimate of drug-likeness (QED) is 0.759. The molecular formula is C19H32O3. The lowest BCUT2D eigenvalue weighted by atomic mass is 9.63. The lowest BCUT2D eigenvalue weighted by Gasteiger charge is -2.47. The molecule has 4 fully saturated rings. The molecule has 0 aromatic heterocycles. The van der Waals surface area contributed by atoms with Crippen molar-refractivity contribution in [2.45, 2.75) is 84.9 Å². The summed E-state index contributed by atoms with van der Waals surface area (Å²) >= 11 is 0. The Morgan fingerprint density at radius 3 is 2.45 bits per heavy atom. The molecular weight excluding hydrogens is 276 g/mol. The highest BCUT2D eigenvalue weighted by Gasteiger charge is 2.74. The zero-order valence-corrected chi connectivity index (χ0v) is 15.1. The van der Waals surface area contributed by atoms with Gasteiger partial charge < -0.3 is 14.2 Å². The van der Waals surface area contributed by atoms with E-state index < -0.39 is 5.97 Å². The van der Waals surface area contributed by atoms with Crippen molar-refractivity contribution in [1.29, 1.82) is 0 Å². The summed E-state index contributed by atoms with van der Waals surface area (Å²) in [5, 5.41) is 0. The van der Waals surface area contributed by atoms with Gasteiger partial charge in [-0.05, 0) is 68.1 Å². The predicted molar refractivity (Wildman–Crippen MR) is 85.2 cm³/mol. The monoisotopic (exact) mass is 308 g/mol. The normalized spacial score (nSPS) is 58.6. The van der Waals surface area contributed by atoms with Crippen LogP contribution in [0.15, 0.2) is 0 Å². The van der Waals surface area contributed by atoms with Crippen molar-refractivity contribution in [3.8, 4) is 0 Å². The lowest BCUT2D eigenvalue weighted by Crippen LogP contribution is -2.52. The first kappa shape index (κ1) is 15.4. The smallest absolute Gasteiger partial charge is 0.280 e. The van der Waals surface area contributed by atoms with Gasteiger partial charge in [-0.3, -0.25) is 0 Å². The summed E-state index contributed by atoms with van der Waals surface area (Å²) in [5.41, 5.74) is 0.594. The first-order valence-corrected chi connectivity index (χ1v) is 9.20. The SMILES string of the molecule is CCOC1(C)O[C@H]2C[C@@]34C[C@H](C(C)(C)[C@@H]3CC[C@H]4C)[C@@]2(C)O1. The van der Waals surface area contributed by atoms with E-state index in [1.54, 1.807) is 0 Å². The minimum Gasteiger partial charge on any atom is -0.328 e. The Morgan fingerprint density at radius 1 is 1.05 bits per heavy atom. The Hall–Kier alpha value is -0.120. The molecule has 7 atom stereocenters. The summed E-state index contributed by atoms with van der Waals surface area (Å²) in [6, 6.07) is 0. The predicted octanol–water partition coefficient (Wildman–Crippen LogP) is 4.35. The van der Waals surface area contributed by atoms with E-state index in [2.05, 4.69) is 27.7 Å². The molecule has 22 heavy (non-hydrogen) atoms. The van der Waals surface area contributed by atoms with Gasteiger partial charge in [0.25, 0.3) is 5.97 Å². The van der Waals surface area contributed by atoms with Gasteiger partial charge in [-0.15, -0.1) is 0 Å². The zero-order chi connectivity index (χ0) is 16.0. The molecule has 126 valence electrons. The number of hydrogen-bond acceptors (Lipinski definition) is 3. The van der Waals surface area contributed by atoms with Crippen molar-refractivity contribution >= 4 is 0 Å². The summed E-state index contributed by atoms with van der Waals surface area (Å²) in [6.45, 7) is 14.3. The number of ether oxygens (including phenoxy) is 3. The molecule has 2 bridgehead atoms. The van der Waals surface area contributed by atoms with Crippen molar-refractivity contribution in [3.63, 3.8) is 0 Å². The van der Waals surface area contributed by atoms with Crippen LogP contribution >= 0.6 is 0 Å². The molecule has 1 saturated heterocycles. The highest BCUT2D eigenvalue weighted by atomic mass is 16.9. The van der Waals surface area contributed by atoms with Crippen LogP contribution in [-0.4, -0.2) is 24.3 Å². The Kier molecular flexibility index (Phi) is 3.00. The Labute approximate surface area is 135 Å². The molecule has 0 aromatic rings. The van der Waals surface area contributed by atoms with Gasteiger partial charge in [-0.25, -0.2) is 0 Å². The third-order valence-corrected chi connectivity index (χ3v) is 8.01. The van der Waals surface area contributed by atoms with Gasteiger partial charge in [0.1, 0.15) is 5.60 Å². The van der Waals surface area contributed by atoms with Crippen molar-refractivity contribution < 1.29 is 14.2 Å². The first-order valence-electron chi connectivity index (χ1n) is 9.20. The minimum absolute atomic E-state index is 0.174. The molecule has 3 saturated carbocycles. The Morgan fingerprint density at radius 2 is 1.77 bits per heavy atom. The molecule has 1 heterocycles. The van der Waals surface area contributed by atoms with E-state index in [0.29, 0.717) is 23.4 Å². The van der Waals surface area contributed by atoms with Gasteiger partial charge >= 0.3 is 0 Å². The molecule has 3 aliphatic carbocycles. The first-order chi connectivity index (χ1) is 10.2. The maximum atomic E-state index is 6.50. The van der Waals surface area contributed by atoms with E-state index >= 15 is 0 Å². The summed E-state index contributed by atoms with van der Waals surface area (Å²) in [6.07, 6.45) is 5.40. The van der Waals surface area contributed by atoms with Crippen molar-refractivity contribution in [2.75, 3.05) is 6.61 Å². The summed E-state index contributed by atoms with van der Waals surface area (Å²) in [5.74, 6) is 1.35. The molecule has 1 unspecified atom stereocenters. The van der Waals surface area contributed by atoms with Crippen LogP contribution in [0.4, 0.5) is 0 Å². The molecule has 0 aromatic carbocycles. The van der Waals surface area contributed by atoms with E-state index in [1.807, 2.05) is 13.8 Å². The fourth-order valence-corrected chi connectivity index (χ4v) is 7.12. The van der Waals surface area contributed by atoms with Crippen molar-refractivity contribution in [3.05, 3.63) is 0 Å². The summed E-state index contributed by atoms with van der Waals surface area (Å²) in [4.78, 5) is 0. The van der Waals surface area contributed by atoms with Crippen molar-refractivity contribution in [2.24, 2.45) is 28.6 Å². The van der Waals surface area contributed by atoms with Gasteiger partial charge in [0.05, 0.1) is 6.10 Å². The number of rotatable bonds is 2. The van der Waals surface area contributed by atoms with Gasteiger partial charge in [0.2, 0.25) is 0 Å². The van der Waals surface area contributed by atoms with Gasteiger partial charge in [0, 0.05) is 13.5 Å². The van der Waals surface area contributed by atoms with Crippen LogP contribution < -0.4 is 0 Å². The summed E-state index contributed by atoms with van der Waals surface area (Å²) in [7, 11) is 0. The van der Waals surface area contributed by atoms with E-state index in [0.717, 1.165) is 18.3 Å².